The van der Waals surface area contributed by atoms with E-state index in [0.29, 0.717) is 0 Å². The highest BCUT2D eigenvalue weighted by Crippen LogP contribution is 2.46. The molecule has 0 saturated heterocycles. The lowest BCUT2D eigenvalue weighted by Gasteiger charge is -2.39. The van der Waals surface area contributed by atoms with Crippen molar-refractivity contribution < 1.29 is 9.47 Å². The number of benzene rings is 3. The van der Waals surface area contributed by atoms with Gasteiger partial charge in [-0.25, -0.2) is 0 Å². The van der Waals surface area contributed by atoms with Crippen LogP contribution in [0.3, 0.4) is 0 Å². The minimum absolute atomic E-state index is 0.0949. The Morgan fingerprint density at radius 2 is 1.79 bits per heavy atom. The molecule has 2 aliphatic rings. The van der Waals surface area contributed by atoms with Gasteiger partial charge in [0, 0.05) is 11.1 Å². The fourth-order valence-corrected chi connectivity index (χ4v) is 3.86. The van der Waals surface area contributed by atoms with E-state index in [2.05, 4.69) is 65.9 Å². The van der Waals surface area contributed by atoms with Crippen LogP contribution in [0.2, 0.25) is 0 Å². The molecule has 0 unspecified atom stereocenters. The highest BCUT2D eigenvalue weighted by molar-refractivity contribution is 5.67. The van der Waals surface area contributed by atoms with Gasteiger partial charge < -0.3 is 14.9 Å². The fourth-order valence-electron chi connectivity index (χ4n) is 3.86. The first-order chi connectivity index (χ1) is 13.7. The SMILES string of the molecule is COc1cccc([C@@H]2Oc3ccccc3[C@H]3C=C(c4ccc(C)cc4)NN32)c1. The normalized spacial score (nSPS) is 20.4. The van der Waals surface area contributed by atoms with Crippen molar-refractivity contribution in [2.45, 2.75) is 19.2 Å². The molecule has 0 saturated carbocycles. The molecule has 5 rings (SSSR count). The molecule has 1 N–H and O–H groups in total. The Bertz CT molecular complexity index is 1040. The third-order valence-corrected chi connectivity index (χ3v) is 5.34. The first-order valence-corrected chi connectivity index (χ1v) is 9.46. The second kappa shape index (κ2) is 6.73. The summed E-state index contributed by atoms with van der Waals surface area (Å²) < 4.78 is 11.8. The molecule has 28 heavy (non-hydrogen) atoms. The molecule has 140 valence electrons. The summed E-state index contributed by atoms with van der Waals surface area (Å²) >= 11 is 0. The van der Waals surface area contributed by atoms with E-state index in [1.54, 1.807) is 7.11 Å². The van der Waals surface area contributed by atoms with Crippen molar-refractivity contribution in [2.24, 2.45) is 0 Å². The Morgan fingerprint density at radius 1 is 0.964 bits per heavy atom. The molecule has 0 amide bonds. The first kappa shape index (κ1) is 16.9. The Balaban J connectivity index is 1.57. The van der Waals surface area contributed by atoms with Gasteiger partial charge in [-0.2, -0.15) is 5.01 Å². The summed E-state index contributed by atoms with van der Waals surface area (Å²) in [5, 5.41) is 2.17. The Morgan fingerprint density at radius 3 is 2.61 bits per heavy atom. The van der Waals surface area contributed by atoms with Gasteiger partial charge in [0.25, 0.3) is 0 Å². The quantitative estimate of drug-likeness (QED) is 0.704. The van der Waals surface area contributed by atoms with Gasteiger partial charge in [0.15, 0.2) is 6.23 Å². The van der Waals surface area contributed by atoms with Crippen LogP contribution < -0.4 is 14.9 Å². The van der Waals surface area contributed by atoms with Crippen LogP contribution in [-0.4, -0.2) is 12.1 Å². The van der Waals surface area contributed by atoms with Crippen molar-refractivity contribution in [3.8, 4) is 11.5 Å². The maximum atomic E-state index is 6.41. The highest BCUT2D eigenvalue weighted by atomic mass is 16.5. The molecule has 0 aliphatic carbocycles. The zero-order valence-corrected chi connectivity index (χ0v) is 15.9. The van der Waals surface area contributed by atoms with E-state index >= 15 is 0 Å². The zero-order chi connectivity index (χ0) is 19.1. The average Bonchev–Trinajstić information content (AvgIpc) is 3.19. The number of fused-ring (bicyclic) bond motifs is 3. The molecule has 3 aromatic rings. The number of methoxy groups -OCH3 is 1. The lowest BCUT2D eigenvalue weighted by molar-refractivity contribution is -0.0327. The summed E-state index contributed by atoms with van der Waals surface area (Å²) in [4.78, 5) is 0. The topological polar surface area (TPSA) is 33.7 Å². The number of rotatable bonds is 3. The van der Waals surface area contributed by atoms with Crippen LogP contribution in [0.1, 0.15) is 34.5 Å². The molecular weight excluding hydrogens is 348 g/mol. The summed E-state index contributed by atoms with van der Waals surface area (Å²) in [6.07, 6.45) is 2.02. The molecule has 0 aromatic heterocycles. The molecule has 2 heterocycles. The number of para-hydroxylation sites is 1. The smallest absolute Gasteiger partial charge is 0.196 e. The minimum Gasteiger partial charge on any atom is -0.497 e. The lowest BCUT2D eigenvalue weighted by atomic mass is 10.0. The summed E-state index contributed by atoms with van der Waals surface area (Å²) in [6.45, 7) is 2.10. The van der Waals surface area contributed by atoms with Crippen molar-refractivity contribution in [3.63, 3.8) is 0 Å². The standard InChI is InChI=1S/C24H22N2O2/c1-16-10-12-17(13-11-16)21-15-22-20-8-3-4-9-23(20)28-24(26(22)25-21)18-6-5-7-19(14-18)27-2/h3-15,22,24-25H,1-2H3/t22-,24+/m1/s1. The Kier molecular flexibility index (Phi) is 4.06. The van der Waals surface area contributed by atoms with Gasteiger partial charge in [-0.05, 0) is 36.8 Å². The van der Waals surface area contributed by atoms with E-state index in [1.807, 2.05) is 30.3 Å². The van der Waals surface area contributed by atoms with Crippen LogP contribution in [0.5, 0.6) is 11.5 Å². The highest BCUT2D eigenvalue weighted by Gasteiger charge is 2.40. The zero-order valence-electron chi connectivity index (χ0n) is 15.9. The molecule has 2 atom stereocenters. The number of hydrogen-bond acceptors (Lipinski definition) is 4. The van der Waals surface area contributed by atoms with Gasteiger partial charge in [0.2, 0.25) is 0 Å². The third-order valence-electron chi connectivity index (χ3n) is 5.34. The third kappa shape index (κ3) is 2.83. The number of ether oxygens (including phenoxy) is 2. The van der Waals surface area contributed by atoms with Crippen LogP contribution in [0, 0.1) is 6.92 Å². The summed E-state index contributed by atoms with van der Waals surface area (Å²) in [5.41, 5.74) is 9.31. The number of hydrogen-bond donors (Lipinski definition) is 1. The van der Waals surface area contributed by atoms with E-state index in [4.69, 9.17) is 9.47 Å². The van der Waals surface area contributed by atoms with Crippen LogP contribution >= 0.6 is 0 Å². The van der Waals surface area contributed by atoms with E-state index in [0.717, 1.165) is 28.3 Å². The van der Waals surface area contributed by atoms with Crippen LogP contribution in [0.25, 0.3) is 5.70 Å². The predicted molar refractivity (Wildman–Crippen MR) is 110 cm³/mol. The Labute approximate surface area is 165 Å². The average molecular weight is 370 g/mol. The van der Waals surface area contributed by atoms with Crippen molar-refractivity contribution in [3.05, 3.63) is 101 Å². The van der Waals surface area contributed by atoms with Crippen molar-refractivity contribution >= 4 is 5.70 Å². The minimum atomic E-state index is -0.255. The first-order valence-electron chi connectivity index (χ1n) is 9.46. The molecule has 3 aromatic carbocycles. The number of nitrogens with zero attached hydrogens (tertiary/aromatic N) is 1. The van der Waals surface area contributed by atoms with Crippen LogP contribution in [-0.2, 0) is 0 Å². The second-order valence-electron chi connectivity index (χ2n) is 7.19. The maximum absolute atomic E-state index is 6.41. The van der Waals surface area contributed by atoms with Gasteiger partial charge >= 0.3 is 0 Å². The Hall–Kier alpha value is -3.24. The van der Waals surface area contributed by atoms with Gasteiger partial charge in [-0.1, -0.05) is 60.2 Å². The molecule has 4 heteroatoms. The summed E-state index contributed by atoms with van der Waals surface area (Å²) in [5.74, 6) is 1.74. The predicted octanol–water partition coefficient (Wildman–Crippen LogP) is 5.00. The molecular formula is C24H22N2O2. The van der Waals surface area contributed by atoms with Gasteiger partial charge in [0.05, 0.1) is 18.8 Å². The fraction of sp³-hybridized carbons (Fsp3) is 0.167. The number of hydrazine groups is 1. The van der Waals surface area contributed by atoms with E-state index < -0.39 is 0 Å². The van der Waals surface area contributed by atoms with E-state index in [9.17, 15) is 0 Å². The van der Waals surface area contributed by atoms with Crippen molar-refractivity contribution in [1.82, 2.24) is 10.4 Å². The number of nitrogens with one attached hydrogen (secondary N) is 1. The number of aryl methyl sites for hydroxylation is 1. The van der Waals surface area contributed by atoms with Gasteiger partial charge in [0.1, 0.15) is 11.5 Å². The van der Waals surface area contributed by atoms with E-state index in [-0.39, 0.29) is 12.3 Å². The monoisotopic (exact) mass is 370 g/mol. The molecule has 2 aliphatic heterocycles. The maximum Gasteiger partial charge on any atom is 0.196 e. The van der Waals surface area contributed by atoms with Gasteiger partial charge in [-0.15, -0.1) is 0 Å². The summed E-state index contributed by atoms with van der Waals surface area (Å²) in [7, 11) is 1.68. The molecule has 0 radical (unpaired) electrons. The largest absolute Gasteiger partial charge is 0.497 e. The van der Waals surface area contributed by atoms with Crippen molar-refractivity contribution in [1.29, 1.82) is 0 Å². The van der Waals surface area contributed by atoms with Crippen molar-refractivity contribution in [2.75, 3.05) is 7.11 Å². The van der Waals surface area contributed by atoms with E-state index in [1.165, 1.54) is 11.1 Å². The molecule has 0 bridgehead atoms. The van der Waals surface area contributed by atoms with Gasteiger partial charge in [-0.3, -0.25) is 0 Å². The van der Waals surface area contributed by atoms with Crippen LogP contribution in [0.15, 0.2) is 78.9 Å². The second-order valence-corrected chi connectivity index (χ2v) is 7.19. The lowest BCUT2D eigenvalue weighted by Crippen LogP contribution is -2.43. The molecule has 0 spiro atoms. The molecule has 4 nitrogen and oxygen atoms in total. The molecule has 0 fully saturated rings. The summed E-state index contributed by atoms with van der Waals surface area (Å²) in [6, 6.07) is 25.0. The van der Waals surface area contributed by atoms with Crippen LogP contribution in [0.4, 0.5) is 0 Å².